The summed E-state index contributed by atoms with van der Waals surface area (Å²) in [6, 6.07) is 9.36. The van der Waals surface area contributed by atoms with Gasteiger partial charge in [0, 0.05) is 18.4 Å². The Labute approximate surface area is 106 Å². The second kappa shape index (κ2) is 5.04. The quantitative estimate of drug-likeness (QED) is 0.810. The van der Waals surface area contributed by atoms with Gasteiger partial charge in [0.1, 0.15) is 0 Å². The molecule has 2 nitrogen and oxygen atoms in total. The molecule has 1 fully saturated rings. The molecule has 2 rings (SSSR count). The molecular formula is C14H17F2NO. The molecule has 1 heterocycles. The second-order valence-electron chi connectivity index (χ2n) is 4.86. The Morgan fingerprint density at radius 1 is 1.28 bits per heavy atom. The minimum absolute atomic E-state index is 0.147. The predicted octanol–water partition coefficient (Wildman–Crippen LogP) is 3.11. The molecule has 0 N–H and O–H groups in total. The number of halogens is 2. The lowest BCUT2D eigenvalue weighted by atomic mass is 9.98. The first kappa shape index (κ1) is 13.0. The average Bonchev–Trinajstić information content (AvgIpc) is 2.67. The average molecular weight is 253 g/mol. The Balaban J connectivity index is 2.18. The van der Waals surface area contributed by atoms with E-state index in [0.717, 1.165) is 5.56 Å². The number of hydrogen-bond donors (Lipinski definition) is 0. The van der Waals surface area contributed by atoms with Crippen LogP contribution in [0.5, 0.6) is 0 Å². The van der Waals surface area contributed by atoms with Crippen molar-refractivity contribution in [2.75, 3.05) is 6.54 Å². The third-order valence-electron chi connectivity index (χ3n) is 3.80. The van der Waals surface area contributed by atoms with Crippen LogP contribution in [0.2, 0.25) is 0 Å². The fourth-order valence-corrected chi connectivity index (χ4v) is 2.48. The van der Waals surface area contributed by atoms with Gasteiger partial charge in [-0.1, -0.05) is 37.3 Å². The molecule has 0 saturated carbocycles. The molecule has 1 aromatic rings. The van der Waals surface area contributed by atoms with Crippen LogP contribution in [0.15, 0.2) is 30.3 Å². The van der Waals surface area contributed by atoms with Gasteiger partial charge in [-0.05, 0) is 12.5 Å². The molecule has 2 unspecified atom stereocenters. The van der Waals surface area contributed by atoms with E-state index < -0.39 is 18.3 Å². The smallest absolute Gasteiger partial charge is 0.243 e. The predicted molar refractivity (Wildman–Crippen MR) is 65.2 cm³/mol. The molecule has 0 bridgehead atoms. The number of likely N-dealkylation sites (tertiary alicyclic amines) is 1. The summed E-state index contributed by atoms with van der Waals surface area (Å²) < 4.78 is 25.6. The van der Waals surface area contributed by atoms with Gasteiger partial charge in [0.15, 0.2) is 0 Å². The van der Waals surface area contributed by atoms with Crippen molar-refractivity contribution in [2.24, 2.45) is 11.8 Å². The molecule has 1 aromatic carbocycles. The Morgan fingerprint density at radius 3 is 2.39 bits per heavy atom. The summed E-state index contributed by atoms with van der Waals surface area (Å²) in [5.74, 6) is -1.60. The van der Waals surface area contributed by atoms with E-state index in [9.17, 15) is 13.6 Å². The van der Waals surface area contributed by atoms with E-state index in [2.05, 4.69) is 0 Å². The van der Waals surface area contributed by atoms with Gasteiger partial charge in [-0.25, -0.2) is 8.78 Å². The highest BCUT2D eigenvalue weighted by Crippen LogP contribution is 2.34. The lowest BCUT2D eigenvalue weighted by molar-refractivity contribution is -0.132. The molecule has 1 aliphatic heterocycles. The fraction of sp³-hybridized carbons (Fsp3) is 0.500. The Hall–Kier alpha value is -1.45. The lowest BCUT2D eigenvalue weighted by Crippen LogP contribution is -2.29. The van der Waals surface area contributed by atoms with Crippen LogP contribution in [-0.4, -0.2) is 23.8 Å². The summed E-state index contributed by atoms with van der Waals surface area (Å²) >= 11 is 0. The van der Waals surface area contributed by atoms with E-state index in [-0.39, 0.29) is 18.5 Å². The summed E-state index contributed by atoms with van der Waals surface area (Å²) in [6.07, 6.45) is -2.43. The van der Waals surface area contributed by atoms with Gasteiger partial charge in [-0.2, -0.15) is 0 Å². The van der Waals surface area contributed by atoms with Crippen molar-refractivity contribution in [1.29, 1.82) is 0 Å². The van der Waals surface area contributed by atoms with Crippen molar-refractivity contribution in [3.63, 3.8) is 0 Å². The molecule has 4 heteroatoms. The summed E-state index contributed by atoms with van der Waals surface area (Å²) in [5.41, 5.74) is 0.980. The normalized spacial score (nSPS) is 25.8. The maximum Gasteiger partial charge on any atom is 0.243 e. The zero-order valence-corrected chi connectivity index (χ0v) is 10.5. The molecular weight excluding hydrogens is 236 g/mol. The minimum atomic E-state index is -2.43. The van der Waals surface area contributed by atoms with Crippen LogP contribution in [0.3, 0.4) is 0 Å². The fourth-order valence-electron chi connectivity index (χ4n) is 2.48. The number of hydrogen-bond acceptors (Lipinski definition) is 1. The zero-order chi connectivity index (χ0) is 13.3. The first-order valence-corrected chi connectivity index (χ1v) is 6.16. The van der Waals surface area contributed by atoms with Crippen molar-refractivity contribution in [2.45, 2.75) is 26.3 Å². The van der Waals surface area contributed by atoms with E-state index in [1.165, 1.54) is 0 Å². The standard InChI is InChI=1S/C14H17F2NO/c1-9-12(13(15)16)8-17(14(9)18)10(2)11-6-4-3-5-7-11/h3-7,9-10,12-13H,8H2,1-2H3/t9?,10-,12?/m1/s1. The third-order valence-corrected chi connectivity index (χ3v) is 3.80. The largest absolute Gasteiger partial charge is 0.335 e. The van der Waals surface area contributed by atoms with Gasteiger partial charge >= 0.3 is 0 Å². The van der Waals surface area contributed by atoms with Crippen LogP contribution in [-0.2, 0) is 4.79 Å². The molecule has 18 heavy (non-hydrogen) atoms. The SMILES string of the molecule is CC1C(=O)N([C@H](C)c2ccccc2)CC1C(F)F. The molecule has 0 aromatic heterocycles. The Morgan fingerprint density at radius 2 is 1.89 bits per heavy atom. The highest BCUT2D eigenvalue weighted by atomic mass is 19.3. The second-order valence-corrected chi connectivity index (χ2v) is 4.86. The third kappa shape index (κ3) is 2.24. The van der Waals surface area contributed by atoms with Crippen LogP contribution in [0, 0.1) is 11.8 Å². The van der Waals surface area contributed by atoms with Crippen molar-refractivity contribution in [3.8, 4) is 0 Å². The molecule has 0 spiro atoms. The summed E-state index contributed by atoms with van der Waals surface area (Å²) in [4.78, 5) is 13.6. The van der Waals surface area contributed by atoms with E-state index in [4.69, 9.17) is 0 Å². The van der Waals surface area contributed by atoms with Crippen molar-refractivity contribution in [1.82, 2.24) is 4.90 Å². The van der Waals surface area contributed by atoms with Crippen molar-refractivity contribution >= 4 is 5.91 Å². The molecule has 0 aliphatic carbocycles. The summed E-state index contributed by atoms with van der Waals surface area (Å²) in [7, 11) is 0. The maximum absolute atomic E-state index is 12.8. The van der Waals surface area contributed by atoms with Gasteiger partial charge in [-0.3, -0.25) is 4.79 Å². The van der Waals surface area contributed by atoms with E-state index in [0.29, 0.717) is 0 Å². The highest BCUT2D eigenvalue weighted by molar-refractivity contribution is 5.81. The number of alkyl halides is 2. The van der Waals surface area contributed by atoms with Crippen LogP contribution >= 0.6 is 0 Å². The molecule has 1 aliphatic rings. The van der Waals surface area contributed by atoms with Gasteiger partial charge in [0.2, 0.25) is 12.3 Å². The van der Waals surface area contributed by atoms with Gasteiger partial charge in [-0.15, -0.1) is 0 Å². The number of benzene rings is 1. The molecule has 1 saturated heterocycles. The number of carbonyl (C=O) groups excluding carboxylic acids is 1. The number of carbonyl (C=O) groups is 1. The monoisotopic (exact) mass is 253 g/mol. The van der Waals surface area contributed by atoms with Gasteiger partial charge in [0.05, 0.1) is 6.04 Å². The molecule has 3 atom stereocenters. The Bertz CT molecular complexity index is 421. The zero-order valence-electron chi connectivity index (χ0n) is 10.5. The Kier molecular flexibility index (Phi) is 3.64. The molecule has 98 valence electrons. The summed E-state index contributed by atoms with van der Waals surface area (Å²) in [5, 5.41) is 0. The number of rotatable bonds is 3. The number of nitrogens with zero attached hydrogens (tertiary/aromatic N) is 1. The highest BCUT2D eigenvalue weighted by Gasteiger charge is 2.43. The first-order valence-electron chi connectivity index (χ1n) is 6.16. The molecule has 0 radical (unpaired) electrons. The van der Waals surface area contributed by atoms with E-state index in [1.807, 2.05) is 37.3 Å². The topological polar surface area (TPSA) is 20.3 Å². The lowest BCUT2D eigenvalue weighted by Gasteiger charge is -2.25. The van der Waals surface area contributed by atoms with Crippen LogP contribution in [0.25, 0.3) is 0 Å². The molecule has 1 amide bonds. The van der Waals surface area contributed by atoms with E-state index in [1.54, 1.807) is 11.8 Å². The maximum atomic E-state index is 12.8. The number of amides is 1. The van der Waals surface area contributed by atoms with Crippen molar-refractivity contribution in [3.05, 3.63) is 35.9 Å². The van der Waals surface area contributed by atoms with Gasteiger partial charge < -0.3 is 4.90 Å². The van der Waals surface area contributed by atoms with Crippen LogP contribution < -0.4 is 0 Å². The minimum Gasteiger partial charge on any atom is -0.335 e. The van der Waals surface area contributed by atoms with Gasteiger partial charge in [0.25, 0.3) is 0 Å². The van der Waals surface area contributed by atoms with Crippen LogP contribution in [0.1, 0.15) is 25.5 Å². The first-order chi connectivity index (χ1) is 8.52. The summed E-state index contributed by atoms with van der Waals surface area (Å²) in [6.45, 7) is 3.62. The van der Waals surface area contributed by atoms with Crippen LogP contribution in [0.4, 0.5) is 8.78 Å². The van der Waals surface area contributed by atoms with E-state index >= 15 is 0 Å². The van der Waals surface area contributed by atoms with Crippen molar-refractivity contribution < 1.29 is 13.6 Å².